The number of carbonyl (C=O) groups is 1. The molecule has 2 rings (SSSR count). The first kappa shape index (κ1) is 13.7. The largest absolute Gasteiger partial charge is 0.506 e. The van der Waals surface area contributed by atoms with Crippen LogP contribution >= 0.6 is 11.3 Å². The molecule has 0 atom stereocenters. The normalized spacial score (nSPS) is 10.2. The summed E-state index contributed by atoms with van der Waals surface area (Å²) in [6.45, 7) is 1.56. The molecule has 0 radical (unpaired) electrons. The Bertz CT molecular complexity index is 749. The van der Waals surface area contributed by atoms with Crippen LogP contribution in [0.2, 0.25) is 0 Å². The highest BCUT2D eigenvalue weighted by Gasteiger charge is 2.17. The quantitative estimate of drug-likeness (QED) is 0.450. The minimum absolute atomic E-state index is 0.0931. The predicted octanol–water partition coefficient (Wildman–Crippen LogP) is 1.61. The molecule has 8 nitrogen and oxygen atoms in total. The summed E-state index contributed by atoms with van der Waals surface area (Å²) in [5, 5.41) is 22.6. The zero-order valence-corrected chi connectivity index (χ0v) is 11.0. The van der Waals surface area contributed by atoms with Crippen molar-refractivity contribution in [2.75, 3.05) is 5.32 Å². The van der Waals surface area contributed by atoms with Crippen LogP contribution in [0.4, 0.5) is 11.4 Å². The van der Waals surface area contributed by atoms with Crippen molar-refractivity contribution in [1.82, 2.24) is 4.98 Å². The van der Waals surface area contributed by atoms with Crippen LogP contribution in [0.5, 0.6) is 5.75 Å². The Morgan fingerprint density at radius 1 is 1.50 bits per heavy atom. The molecule has 0 saturated carbocycles. The van der Waals surface area contributed by atoms with Crippen molar-refractivity contribution in [3.8, 4) is 5.75 Å². The van der Waals surface area contributed by atoms with E-state index in [9.17, 15) is 24.8 Å². The zero-order valence-electron chi connectivity index (χ0n) is 10.2. The number of aromatic amines is 1. The average Bonchev–Trinajstić information content (AvgIpc) is 2.71. The van der Waals surface area contributed by atoms with Gasteiger partial charge in [0.2, 0.25) is 0 Å². The molecular weight excluding hydrogens is 286 g/mol. The fourth-order valence-electron chi connectivity index (χ4n) is 1.54. The van der Waals surface area contributed by atoms with E-state index in [4.69, 9.17) is 0 Å². The highest BCUT2D eigenvalue weighted by molar-refractivity contribution is 7.11. The molecular formula is C11H9N3O5S. The number of hydrogen-bond donors (Lipinski definition) is 3. The monoisotopic (exact) mass is 295 g/mol. The number of amides is 1. The summed E-state index contributed by atoms with van der Waals surface area (Å²) in [4.78, 5) is 35.3. The Labute approximate surface area is 115 Å². The van der Waals surface area contributed by atoms with Crippen molar-refractivity contribution >= 4 is 28.6 Å². The molecule has 0 saturated heterocycles. The fourth-order valence-corrected chi connectivity index (χ4v) is 2.28. The van der Waals surface area contributed by atoms with Gasteiger partial charge in [0.15, 0.2) is 0 Å². The van der Waals surface area contributed by atoms with Crippen LogP contribution in [0.25, 0.3) is 0 Å². The molecule has 0 aliphatic rings. The van der Waals surface area contributed by atoms with E-state index in [-0.39, 0.29) is 26.9 Å². The number of nitrogens with zero attached hydrogens (tertiary/aromatic N) is 1. The lowest BCUT2D eigenvalue weighted by atomic mass is 10.2. The lowest BCUT2D eigenvalue weighted by Crippen LogP contribution is -2.11. The summed E-state index contributed by atoms with van der Waals surface area (Å²) in [6.07, 6.45) is 0. The van der Waals surface area contributed by atoms with Gasteiger partial charge in [-0.2, -0.15) is 0 Å². The number of aryl methyl sites for hydroxylation is 1. The highest BCUT2D eigenvalue weighted by Crippen LogP contribution is 2.28. The second-order valence-electron chi connectivity index (χ2n) is 3.88. The van der Waals surface area contributed by atoms with E-state index >= 15 is 0 Å². The van der Waals surface area contributed by atoms with E-state index in [2.05, 4.69) is 10.3 Å². The maximum atomic E-state index is 11.9. The number of thiazole rings is 1. The Morgan fingerprint density at radius 2 is 2.20 bits per heavy atom. The highest BCUT2D eigenvalue weighted by atomic mass is 32.1. The summed E-state index contributed by atoms with van der Waals surface area (Å²) in [7, 11) is 0. The SMILES string of the molecule is Cc1[nH]c(=O)sc1C(=O)Nc1cc([N+](=O)[O-])ccc1O. The molecule has 1 aromatic heterocycles. The number of carbonyl (C=O) groups excluding carboxylic acids is 1. The lowest BCUT2D eigenvalue weighted by molar-refractivity contribution is -0.384. The summed E-state index contributed by atoms with van der Waals surface area (Å²) < 4.78 is 0. The first-order chi connectivity index (χ1) is 9.38. The molecule has 9 heteroatoms. The van der Waals surface area contributed by atoms with Gasteiger partial charge in [0, 0.05) is 17.8 Å². The van der Waals surface area contributed by atoms with Gasteiger partial charge in [-0.25, -0.2) is 0 Å². The summed E-state index contributed by atoms with van der Waals surface area (Å²) in [5.74, 6) is -0.925. The number of nitro benzene ring substituents is 1. The van der Waals surface area contributed by atoms with Gasteiger partial charge in [0.1, 0.15) is 10.6 Å². The van der Waals surface area contributed by atoms with E-state index in [1.165, 1.54) is 0 Å². The maximum absolute atomic E-state index is 11.9. The van der Waals surface area contributed by atoms with E-state index in [1.54, 1.807) is 6.92 Å². The first-order valence-electron chi connectivity index (χ1n) is 5.37. The van der Waals surface area contributed by atoms with Gasteiger partial charge in [0.05, 0.1) is 10.6 Å². The number of anilines is 1. The van der Waals surface area contributed by atoms with E-state index in [0.717, 1.165) is 29.5 Å². The molecule has 20 heavy (non-hydrogen) atoms. The third-order valence-electron chi connectivity index (χ3n) is 2.47. The minimum Gasteiger partial charge on any atom is -0.506 e. The van der Waals surface area contributed by atoms with E-state index in [0.29, 0.717) is 5.69 Å². The smallest absolute Gasteiger partial charge is 0.305 e. The van der Waals surface area contributed by atoms with Gasteiger partial charge in [-0.3, -0.25) is 19.7 Å². The van der Waals surface area contributed by atoms with Gasteiger partial charge >= 0.3 is 4.87 Å². The van der Waals surface area contributed by atoms with Crippen LogP contribution in [-0.2, 0) is 0 Å². The number of phenols is 1. The van der Waals surface area contributed by atoms with Gasteiger partial charge in [0.25, 0.3) is 11.6 Å². The third-order valence-corrected chi connectivity index (χ3v) is 3.45. The number of non-ortho nitro benzene ring substituents is 1. The number of benzene rings is 1. The molecule has 0 unspecified atom stereocenters. The average molecular weight is 295 g/mol. The number of H-pyrrole nitrogens is 1. The molecule has 0 aliphatic heterocycles. The number of aromatic hydroxyl groups is 1. The Hall–Kier alpha value is -2.68. The topological polar surface area (TPSA) is 125 Å². The molecule has 3 N–H and O–H groups in total. The number of phenolic OH excluding ortho intramolecular Hbond substituents is 1. The number of nitro groups is 1. The van der Waals surface area contributed by atoms with Crippen molar-refractivity contribution in [3.05, 3.63) is 48.6 Å². The minimum atomic E-state index is -0.644. The van der Waals surface area contributed by atoms with Gasteiger partial charge in [-0.15, -0.1) is 0 Å². The second kappa shape index (κ2) is 5.13. The predicted molar refractivity (Wildman–Crippen MR) is 72.4 cm³/mol. The Balaban J connectivity index is 2.32. The summed E-state index contributed by atoms with van der Waals surface area (Å²) in [5.41, 5.74) is 0.0314. The molecule has 1 aromatic carbocycles. The van der Waals surface area contributed by atoms with Crippen molar-refractivity contribution in [3.63, 3.8) is 0 Å². The maximum Gasteiger partial charge on any atom is 0.305 e. The Morgan fingerprint density at radius 3 is 2.75 bits per heavy atom. The number of rotatable bonds is 3. The number of aromatic nitrogens is 1. The summed E-state index contributed by atoms with van der Waals surface area (Å²) >= 11 is 0.719. The molecule has 0 spiro atoms. The van der Waals surface area contributed by atoms with Crippen molar-refractivity contribution in [1.29, 1.82) is 0 Å². The second-order valence-corrected chi connectivity index (χ2v) is 4.86. The first-order valence-corrected chi connectivity index (χ1v) is 6.18. The van der Waals surface area contributed by atoms with Gasteiger partial charge < -0.3 is 15.4 Å². The molecule has 2 aromatic rings. The van der Waals surface area contributed by atoms with Gasteiger partial charge in [-0.05, 0) is 13.0 Å². The lowest BCUT2D eigenvalue weighted by Gasteiger charge is -2.06. The van der Waals surface area contributed by atoms with Crippen LogP contribution < -0.4 is 10.2 Å². The van der Waals surface area contributed by atoms with Crippen LogP contribution in [0.1, 0.15) is 15.4 Å². The van der Waals surface area contributed by atoms with Crippen LogP contribution in [0, 0.1) is 17.0 Å². The molecule has 0 aliphatic carbocycles. The zero-order chi connectivity index (χ0) is 14.9. The molecule has 1 amide bonds. The molecule has 104 valence electrons. The number of hydrogen-bond acceptors (Lipinski definition) is 6. The fraction of sp³-hybridized carbons (Fsp3) is 0.0909. The summed E-state index contributed by atoms with van der Waals surface area (Å²) in [6, 6.07) is 3.27. The third kappa shape index (κ3) is 2.67. The molecule has 0 fully saturated rings. The van der Waals surface area contributed by atoms with E-state index < -0.39 is 10.8 Å². The van der Waals surface area contributed by atoms with Gasteiger partial charge in [-0.1, -0.05) is 11.3 Å². The van der Waals surface area contributed by atoms with Crippen molar-refractivity contribution in [2.45, 2.75) is 6.92 Å². The van der Waals surface area contributed by atoms with Crippen LogP contribution in [0.15, 0.2) is 23.0 Å². The molecule has 0 bridgehead atoms. The Kier molecular flexibility index (Phi) is 3.53. The number of nitrogens with one attached hydrogen (secondary N) is 2. The van der Waals surface area contributed by atoms with E-state index in [1.807, 2.05) is 0 Å². The molecule has 1 heterocycles. The van der Waals surface area contributed by atoms with Crippen molar-refractivity contribution in [2.24, 2.45) is 0 Å². The van der Waals surface area contributed by atoms with Crippen molar-refractivity contribution < 1.29 is 14.8 Å². The van der Waals surface area contributed by atoms with Crippen LogP contribution in [0.3, 0.4) is 0 Å². The van der Waals surface area contributed by atoms with Crippen LogP contribution in [-0.4, -0.2) is 20.9 Å². The standard InChI is InChI=1S/C11H9N3O5S/c1-5-9(20-11(17)12-5)10(16)13-7-4-6(14(18)19)2-3-8(7)15/h2-4,15H,1H3,(H,12,17)(H,13,16).